The van der Waals surface area contributed by atoms with Crippen LogP contribution < -0.4 is 10.1 Å². The molecule has 13 heavy (non-hydrogen) atoms. The van der Waals surface area contributed by atoms with Gasteiger partial charge in [0.2, 0.25) is 0 Å². The zero-order chi connectivity index (χ0) is 9.68. The van der Waals surface area contributed by atoms with E-state index in [1.165, 1.54) is 0 Å². The largest absolute Gasteiger partial charge is 0.496 e. The van der Waals surface area contributed by atoms with Crippen LogP contribution in [0.5, 0.6) is 5.75 Å². The maximum Gasteiger partial charge on any atom is 0.123 e. The van der Waals surface area contributed by atoms with Crippen LogP contribution >= 0.6 is 0 Å². The quantitative estimate of drug-likeness (QED) is 0.760. The average Bonchev–Trinajstić information content (AvgIpc) is 2.18. The van der Waals surface area contributed by atoms with Crippen LogP contribution in [0.3, 0.4) is 0 Å². The van der Waals surface area contributed by atoms with Crippen molar-refractivity contribution in [3.05, 3.63) is 35.9 Å². The summed E-state index contributed by atoms with van der Waals surface area (Å²) >= 11 is 0. The fourth-order valence-corrected chi connectivity index (χ4v) is 1.25. The van der Waals surface area contributed by atoms with Crippen LogP contribution in [0.4, 0.5) is 0 Å². The first-order chi connectivity index (χ1) is 6.31. The molecule has 0 aliphatic heterocycles. The van der Waals surface area contributed by atoms with E-state index >= 15 is 0 Å². The van der Waals surface area contributed by atoms with Crippen molar-refractivity contribution in [1.29, 1.82) is 0 Å². The summed E-state index contributed by atoms with van der Waals surface area (Å²) in [6.45, 7) is 4.54. The van der Waals surface area contributed by atoms with Crippen molar-refractivity contribution in [2.24, 2.45) is 0 Å². The van der Waals surface area contributed by atoms with Crippen LogP contribution in [-0.4, -0.2) is 14.2 Å². The summed E-state index contributed by atoms with van der Waals surface area (Å²) in [4.78, 5) is 0. The molecule has 70 valence electrons. The molecular weight excluding hydrogens is 162 g/mol. The summed E-state index contributed by atoms with van der Waals surface area (Å²) in [5.41, 5.74) is 2.27. The summed E-state index contributed by atoms with van der Waals surface area (Å²) in [7, 11) is 3.60. The monoisotopic (exact) mass is 177 g/mol. The highest BCUT2D eigenvalue weighted by atomic mass is 16.5. The second kappa shape index (κ2) is 4.67. The lowest BCUT2D eigenvalue weighted by Crippen LogP contribution is -2.06. The molecule has 1 N–H and O–H groups in total. The van der Waals surface area contributed by atoms with Crippen molar-refractivity contribution < 1.29 is 4.74 Å². The van der Waals surface area contributed by atoms with E-state index < -0.39 is 0 Å². The lowest BCUT2D eigenvalue weighted by molar-refractivity contribution is 0.408. The zero-order valence-corrected chi connectivity index (χ0v) is 8.13. The van der Waals surface area contributed by atoms with Gasteiger partial charge in [-0.2, -0.15) is 0 Å². The van der Waals surface area contributed by atoms with Crippen LogP contribution in [0.1, 0.15) is 11.1 Å². The first-order valence-corrected chi connectivity index (χ1v) is 4.25. The molecule has 0 heterocycles. The normalized spacial score (nSPS) is 9.69. The first kappa shape index (κ1) is 9.81. The maximum atomic E-state index is 5.22. The van der Waals surface area contributed by atoms with Gasteiger partial charge in [-0.3, -0.25) is 0 Å². The molecule has 0 saturated carbocycles. The van der Waals surface area contributed by atoms with E-state index in [-0.39, 0.29) is 0 Å². The molecule has 0 saturated heterocycles. The van der Waals surface area contributed by atoms with Gasteiger partial charge in [0.1, 0.15) is 5.75 Å². The molecular formula is C11H15NO. The highest BCUT2D eigenvalue weighted by Crippen LogP contribution is 2.19. The second-order valence-electron chi connectivity index (χ2n) is 2.81. The van der Waals surface area contributed by atoms with Gasteiger partial charge in [-0.25, -0.2) is 0 Å². The van der Waals surface area contributed by atoms with Gasteiger partial charge in [0, 0.05) is 12.1 Å². The van der Waals surface area contributed by atoms with E-state index in [1.54, 1.807) is 7.11 Å². The van der Waals surface area contributed by atoms with Crippen LogP contribution in [-0.2, 0) is 6.54 Å². The molecule has 1 aromatic rings. The maximum absolute atomic E-state index is 5.22. The summed E-state index contributed by atoms with van der Waals surface area (Å²) in [6, 6.07) is 6.02. The smallest absolute Gasteiger partial charge is 0.123 e. The molecule has 0 atom stereocenters. The van der Waals surface area contributed by atoms with Gasteiger partial charge in [-0.05, 0) is 24.7 Å². The number of hydrogen-bond acceptors (Lipinski definition) is 2. The molecule has 1 aromatic carbocycles. The predicted octanol–water partition coefficient (Wildman–Crippen LogP) is 2.06. The van der Waals surface area contributed by atoms with Gasteiger partial charge in [-0.1, -0.05) is 18.7 Å². The average molecular weight is 177 g/mol. The molecule has 0 unspecified atom stereocenters. The Labute approximate surface area is 79.2 Å². The van der Waals surface area contributed by atoms with Crippen molar-refractivity contribution in [2.45, 2.75) is 6.54 Å². The van der Waals surface area contributed by atoms with E-state index in [9.17, 15) is 0 Å². The molecule has 0 aliphatic rings. The van der Waals surface area contributed by atoms with Crippen molar-refractivity contribution in [1.82, 2.24) is 5.32 Å². The Morgan fingerprint density at radius 1 is 1.54 bits per heavy atom. The van der Waals surface area contributed by atoms with Crippen molar-refractivity contribution in [3.8, 4) is 5.75 Å². The van der Waals surface area contributed by atoms with Crippen LogP contribution in [0.15, 0.2) is 24.8 Å². The second-order valence-corrected chi connectivity index (χ2v) is 2.81. The van der Waals surface area contributed by atoms with Crippen LogP contribution in [0, 0.1) is 0 Å². The summed E-state index contributed by atoms with van der Waals surface area (Å²) < 4.78 is 5.22. The highest BCUT2D eigenvalue weighted by Gasteiger charge is 2.01. The van der Waals surface area contributed by atoms with Crippen molar-refractivity contribution in [2.75, 3.05) is 14.2 Å². The Hall–Kier alpha value is -1.28. The van der Waals surface area contributed by atoms with E-state index in [2.05, 4.69) is 18.0 Å². The lowest BCUT2D eigenvalue weighted by atomic mass is 10.1. The fourth-order valence-electron chi connectivity index (χ4n) is 1.25. The summed E-state index contributed by atoms with van der Waals surface area (Å²) in [6.07, 6.45) is 1.83. The minimum atomic E-state index is 0.810. The number of rotatable bonds is 4. The SMILES string of the molecule is C=Cc1ccc(OC)c(CNC)c1. The zero-order valence-electron chi connectivity index (χ0n) is 8.13. The molecule has 0 amide bonds. The standard InChI is InChI=1S/C11H15NO/c1-4-9-5-6-11(13-3)10(7-9)8-12-2/h4-7,12H,1,8H2,2-3H3. The van der Waals surface area contributed by atoms with Gasteiger partial charge in [0.05, 0.1) is 7.11 Å². The van der Waals surface area contributed by atoms with Gasteiger partial charge >= 0.3 is 0 Å². The molecule has 2 heteroatoms. The highest BCUT2D eigenvalue weighted by molar-refractivity contribution is 5.51. The number of methoxy groups -OCH3 is 1. The first-order valence-electron chi connectivity index (χ1n) is 4.25. The number of nitrogens with one attached hydrogen (secondary N) is 1. The van der Waals surface area contributed by atoms with E-state index in [1.807, 2.05) is 25.3 Å². The minimum absolute atomic E-state index is 0.810. The number of benzene rings is 1. The Kier molecular flexibility index (Phi) is 3.53. The minimum Gasteiger partial charge on any atom is -0.496 e. The summed E-state index contributed by atoms with van der Waals surface area (Å²) in [5, 5.41) is 3.10. The molecule has 0 aliphatic carbocycles. The Balaban J connectivity index is 3.02. The number of ether oxygens (including phenoxy) is 1. The van der Waals surface area contributed by atoms with E-state index in [4.69, 9.17) is 4.74 Å². The lowest BCUT2D eigenvalue weighted by Gasteiger charge is -2.08. The molecule has 2 nitrogen and oxygen atoms in total. The Morgan fingerprint density at radius 2 is 2.31 bits per heavy atom. The molecule has 0 aromatic heterocycles. The summed E-state index contributed by atoms with van der Waals surface area (Å²) in [5.74, 6) is 0.917. The topological polar surface area (TPSA) is 21.3 Å². The van der Waals surface area contributed by atoms with Gasteiger partial charge in [-0.15, -0.1) is 0 Å². The van der Waals surface area contributed by atoms with Crippen LogP contribution in [0.2, 0.25) is 0 Å². The van der Waals surface area contributed by atoms with Crippen LogP contribution in [0.25, 0.3) is 6.08 Å². The third kappa shape index (κ3) is 2.33. The van der Waals surface area contributed by atoms with E-state index in [0.717, 1.165) is 23.4 Å². The molecule has 0 spiro atoms. The van der Waals surface area contributed by atoms with Crippen molar-refractivity contribution in [3.63, 3.8) is 0 Å². The fraction of sp³-hybridized carbons (Fsp3) is 0.273. The Bertz CT molecular complexity index is 294. The van der Waals surface area contributed by atoms with Gasteiger partial charge in [0.25, 0.3) is 0 Å². The third-order valence-corrected chi connectivity index (χ3v) is 1.91. The molecule has 1 rings (SSSR count). The number of hydrogen-bond donors (Lipinski definition) is 1. The van der Waals surface area contributed by atoms with E-state index in [0.29, 0.717) is 0 Å². The molecule has 0 bridgehead atoms. The molecule has 0 fully saturated rings. The molecule has 0 radical (unpaired) electrons. The van der Waals surface area contributed by atoms with Crippen molar-refractivity contribution >= 4 is 6.08 Å². The Morgan fingerprint density at radius 3 is 2.85 bits per heavy atom. The van der Waals surface area contributed by atoms with Gasteiger partial charge < -0.3 is 10.1 Å². The van der Waals surface area contributed by atoms with Gasteiger partial charge in [0.15, 0.2) is 0 Å². The third-order valence-electron chi connectivity index (χ3n) is 1.91. The predicted molar refractivity (Wildman–Crippen MR) is 55.8 cm³/mol.